The minimum absolute atomic E-state index is 0.275. The molecule has 0 aliphatic carbocycles. The molecular formula is C12H10BrNO2. The number of esters is 1. The Bertz CT molecular complexity index is 480. The van der Waals surface area contributed by atoms with Gasteiger partial charge in [-0.3, -0.25) is 0 Å². The fraction of sp³-hybridized carbons (Fsp3) is 0.0833. The van der Waals surface area contributed by atoms with Gasteiger partial charge in [0.05, 0.1) is 0 Å². The molecule has 1 aromatic carbocycles. The van der Waals surface area contributed by atoms with E-state index in [0.717, 1.165) is 10.0 Å². The van der Waals surface area contributed by atoms with E-state index in [4.69, 9.17) is 4.74 Å². The molecule has 1 N–H and O–H groups in total. The highest BCUT2D eigenvalue weighted by Crippen LogP contribution is 2.12. The van der Waals surface area contributed by atoms with Gasteiger partial charge in [-0.2, -0.15) is 0 Å². The van der Waals surface area contributed by atoms with Crippen molar-refractivity contribution in [1.29, 1.82) is 0 Å². The van der Waals surface area contributed by atoms with Gasteiger partial charge in [-0.15, -0.1) is 0 Å². The number of benzene rings is 1. The second-order valence-electron chi connectivity index (χ2n) is 3.29. The minimum atomic E-state index is -0.343. The molecular weight excluding hydrogens is 270 g/mol. The van der Waals surface area contributed by atoms with E-state index in [0.29, 0.717) is 5.69 Å². The van der Waals surface area contributed by atoms with Crippen LogP contribution >= 0.6 is 15.9 Å². The topological polar surface area (TPSA) is 42.1 Å². The highest BCUT2D eigenvalue weighted by molar-refractivity contribution is 9.10. The van der Waals surface area contributed by atoms with Crippen LogP contribution in [0.2, 0.25) is 0 Å². The van der Waals surface area contributed by atoms with E-state index >= 15 is 0 Å². The number of hydrogen-bond donors (Lipinski definition) is 1. The van der Waals surface area contributed by atoms with Gasteiger partial charge in [0, 0.05) is 10.7 Å². The lowest BCUT2D eigenvalue weighted by atomic mass is 10.2. The number of aromatic amines is 1. The van der Waals surface area contributed by atoms with Crippen molar-refractivity contribution in [1.82, 2.24) is 4.98 Å². The number of carbonyl (C=O) groups is 1. The normalized spacial score (nSPS) is 10.1. The quantitative estimate of drug-likeness (QED) is 0.878. The maximum absolute atomic E-state index is 11.5. The van der Waals surface area contributed by atoms with E-state index in [1.54, 1.807) is 18.3 Å². The van der Waals surface area contributed by atoms with Gasteiger partial charge in [-0.1, -0.05) is 28.1 Å². The Hall–Kier alpha value is -1.55. The first kappa shape index (κ1) is 11.0. The van der Waals surface area contributed by atoms with Gasteiger partial charge in [0.2, 0.25) is 0 Å². The van der Waals surface area contributed by atoms with E-state index in [9.17, 15) is 4.79 Å². The molecule has 2 rings (SSSR count). The molecule has 0 radical (unpaired) electrons. The second-order valence-corrected chi connectivity index (χ2v) is 4.21. The van der Waals surface area contributed by atoms with Crippen LogP contribution in [0.3, 0.4) is 0 Å². The Morgan fingerprint density at radius 3 is 2.88 bits per heavy atom. The summed E-state index contributed by atoms with van der Waals surface area (Å²) in [6.45, 7) is 0.275. The van der Waals surface area contributed by atoms with Crippen LogP contribution < -0.4 is 0 Å². The van der Waals surface area contributed by atoms with Crippen LogP contribution in [0.4, 0.5) is 0 Å². The average molecular weight is 280 g/mol. The fourth-order valence-corrected chi connectivity index (χ4v) is 1.76. The zero-order valence-corrected chi connectivity index (χ0v) is 10.0. The highest BCUT2D eigenvalue weighted by Gasteiger charge is 2.07. The van der Waals surface area contributed by atoms with Crippen LogP contribution in [0.1, 0.15) is 16.1 Å². The molecule has 3 nitrogen and oxygen atoms in total. The first-order chi connectivity index (χ1) is 7.75. The number of nitrogens with one attached hydrogen (secondary N) is 1. The standard InChI is InChI=1S/C12H10BrNO2/c13-10-4-1-3-9(7-10)8-16-12(15)11-5-2-6-14-11/h1-7,14H,8H2. The first-order valence-electron chi connectivity index (χ1n) is 4.80. The molecule has 0 aliphatic heterocycles. The molecule has 0 saturated carbocycles. The molecule has 4 heteroatoms. The summed E-state index contributed by atoms with van der Waals surface area (Å²) in [4.78, 5) is 14.3. The Kier molecular flexibility index (Phi) is 3.41. The SMILES string of the molecule is O=C(OCc1cccc(Br)c1)c1ccc[nH]1. The molecule has 1 aromatic heterocycles. The lowest BCUT2D eigenvalue weighted by molar-refractivity contribution is 0.0466. The van der Waals surface area contributed by atoms with Crippen LogP contribution in [0.5, 0.6) is 0 Å². The Morgan fingerprint density at radius 1 is 1.31 bits per heavy atom. The number of rotatable bonds is 3. The third-order valence-electron chi connectivity index (χ3n) is 2.08. The van der Waals surface area contributed by atoms with Crippen molar-refractivity contribution in [2.45, 2.75) is 6.61 Å². The molecule has 0 amide bonds. The van der Waals surface area contributed by atoms with Gasteiger partial charge >= 0.3 is 5.97 Å². The van der Waals surface area contributed by atoms with Crippen molar-refractivity contribution in [3.05, 3.63) is 58.3 Å². The average Bonchev–Trinajstić information content (AvgIpc) is 2.79. The fourth-order valence-electron chi connectivity index (χ4n) is 1.31. The van der Waals surface area contributed by atoms with Gasteiger partial charge in [0.15, 0.2) is 0 Å². The third kappa shape index (κ3) is 2.73. The Balaban J connectivity index is 1.95. The summed E-state index contributed by atoms with van der Waals surface area (Å²) in [7, 11) is 0. The van der Waals surface area contributed by atoms with Crippen molar-refractivity contribution in [3.8, 4) is 0 Å². The van der Waals surface area contributed by atoms with Crippen LogP contribution in [0.25, 0.3) is 0 Å². The molecule has 0 spiro atoms. The van der Waals surface area contributed by atoms with Crippen molar-refractivity contribution < 1.29 is 9.53 Å². The van der Waals surface area contributed by atoms with Crippen LogP contribution in [0.15, 0.2) is 47.1 Å². The molecule has 16 heavy (non-hydrogen) atoms. The van der Waals surface area contributed by atoms with Gasteiger partial charge in [-0.25, -0.2) is 4.79 Å². The van der Waals surface area contributed by atoms with Crippen LogP contribution in [-0.2, 0) is 11.3 Å². The summed E-state index contributed by atoms with van der Waals surface area (Å²) in [6, 6.07) is 11.1. The lowest BCUT2D eigenvalue weighted by Gasteiger charge is -2.03. The summed E-state index contributed by atoms with van der Waals surface area (Å²) in [5.41, 5.74) is 1.42. The zero-order valence-electron chi connectivity index (χ0n) is 8.44. The molecule has 0 bridgehead atoms. The second kappa shape index (κ2) is 4.99. The molecule has 0 fully saturated rings. The largest absolute Gasteiger partial charge is 0.456 e. The maximum Gasteiger partial charge on any atom is 0.355 e. The number of H-pyrrole nitrogens is 1. The van der Waals surface area contributed by atoms with Gasteiger partial charge in [0.1, 0.15) is 12.3 Å². The van der Waals surface area contributed by atoms with Gasteiger partial charge in [-0.05, 0) is 29.8 Å². The Morgan fingerprint density at radius 2 is 2.19 bits per heavy atom. The summed E-state index contributed by atoms with van der Waals surface area (Å²) in [5.74, 6) is -0.343. The molecule has 1 heterocycles. The van der Waals surface area contributed by atoms with E-state index in [1.807, 2.05) is 24.3 Å². The van der Waals surface area contributed by atoms with Crippen LogP contribution in [-0.4, -0.2) is 11.0 Å². The van der Waals surface area contributed by atoms with E-state index in [1.165, 1.54) is 0 Å². The van der Waals surface area contributed by atoms with Crippen molar-refractivity contribution in [2.24, 2.45) is 0 Å². The predicted octanol–water partition coefficient (Wildman–Crippen LogP) is 3.13. The summed E-state index contributed by atoms with van der Waals surface area (Å²) < 4.78 is 6.11. The number of aromatic nitrogens is 1. The molecule has 0 aliphatic rings. The molecule has 0 unspecified atom stereocenters. The number of hydrogen-bond acceptors (Lipinski definition) is 2. The monoisotopic (exact) mass is 279 g/mol. The third-order valence-corrected chi connectivity index (χ3v) is 2.57. The lowest BCUT2D eigenvalue weighted by Crippen LogP contribution is -2.05. The highest BCUT2D eigenvalue weighted by atomic mass is 79.9. The summed E-state index contributed by atoms with van der Waals surface area (Å²) >= 11 is 3.36. The number of ether oxygens (including phenoxy) is 1. The van der Waals surface area contributed by atoms with Gasteiger partial charge < -0.3 is 9.72 Å². The zero-order chi connectivity index (χ0) is 11.4. The van der Waals surface area contributed by atoms with Crippen molar-refractivity contribution >= 4 is 21.9 Å². The molecule has 0 atom stereocenters. The number of carbonyl (C=O) groups excluding carboxylic acids is 1. The van der Waals surface area contributed by atoms with Crippen molar-refractivity contribution in [2.75, 3.05) is 0 Å². The summed E-state index contributed by atoms with van der Waals surface area (Å²) in [5, 5.41) is 0. The van der Waals surface area contributed by atoms with Crippen molar-refractivity contribution in [3.63, 3.8) is 0 Å². The maximum atomic E-state index is 11.5. The predicted molar refractivity (Wildman–Crippen MR) is 64.1 cm³/mol. The molecule has 82 valence electrons. The van der Waals surface area contributed by atoms with Crippen LogP contribution in [0, 0.1) is 0 Å². The van der Waals surface area contributed by atoms with E-state index < -0.39 is 0 Å². The van der Waals surface area contributed by atoms with E-state index in [-0.39, 0.29) is 12.6 Å². The molecule has 2 aromatic rings. The smallest absolute Gasteiger partial charge is 0.355 e. The minimum Gasteiger partial charge on any atom is -0.456 e. The van der Waals surface area contributed by atoms with Gasteiger partial charge in [0.25, 0.3) is 0 Å². The Labute approximate surface area is 102 Å². The number of halogens is 1. The molecule has 0 saturated heterocycles. The summed E-state index contributed by atoms with van der Waals surface area (Å²) in [6.07, 6.45) is 1.69. The first-order valence-corrected chi connectivity index (χ1v) is 5.60. The van der Waals surface area contributed by atoms with E-state index in [2.05, 4.69) is 20.9 Å².